The number of aromatic nitrogens is 4. The Hall–Kier alpha value is -1.51. The zero-order valence-corrected chi connectivity index (χ0v) is 3.61. The van der Waals surface area contributed by atoms with Gasteiger partial charge in [0.1, 0.15) is 6.07 Å². The summed E-state index contributed by atoms with van der Waals surface area (Å²) in [6, 6.07) is 1.43. The van der Waals surface area contributed by atoms with E-state index in [1.807, 2.05) is 0 Å². The first-order valence-electron chi connectivity index (χ1n) is 1.69. The van der Waals surface area contributed by atoms with Crippen LogP contribution in [0.25, 0.3) is 0 Å². The molecule has 1 aromatic heterocycles. The number of hydrogen-bond donors (Lipinski definition) is 0. The van der Waals surface area contributed by atoms with E-state index in [0.717, 1.165) is 0 Å². The number of halogens is 1. The fourth-order valence-electron chi connectivity index (χ4n) is 0.240. The highest BCUT2D eigenvalue weighted by Gasteiger charge is 1.99. The van der Waals surface area contributed by atoms with Gasteiger partial charge in [0.15, 0.2) is 0 Å². The van der Waals surface area contributed by atoms with Crippen LogP contribution in [-0.4, -0.2) is 20.4 Å². The van der Waals surface area contributed by atoms with Gasteiger partial charge in [-0.05, 0) is 15.3 Å². The van der Waals surface area contributed by atoms with Crippen molar-refractivity contribution in [2.75, 3.05) is 0 Å². The fourth-order valence-corrected chi connectivity index (χ4v) is 0.240. The molecule has 0 spiro atoms. The van der Waals surface area contributed by atoms with Gasteiger partial charge in [-0.15, -0.1) is 0 Å². The molecule has 1 heterocycles. The molecule has 5 nitrogen and oxygen atoms in total. The summed E-state index contributed by atoms with van der Waals surface area (Å²) in [5, 5.41) is 16.6. The minimum atomic E-state index is -0.440. The fraction of sp³-hybridized carbons (Fsp3) is 0. The van der Waals surface area contributed by atoms with Crippen molar-refractivity contribution >= 4 is 0 Å². The summed E-state index contributed by atoms with van der Waals surface area (Å²) in [6.07, 6.45) is 0. The molecule has 8 heavy (non-hydrogen) atoms. The molecule has 0 saturated carbocycles. The highest BCUT2D eigenvalue weighted by atomic mass is 19.2. The van der Waals surface area contributed by atoms with Gasteiger partial charge in [0, 0.05) is 0 Å². The van der Waals surface area contributed by atoms with E-state index in [2.05, 4.69) is 15.5 Å². The van der Waals surface area contributed by atoms with Gasteiger partial charge in [-0.2, -0.15) is 5.26 Å². The average molecular weight is 113 g/mol. The van der Waals surface area contributed by atoms with Crippen LogP contribution in [0.2, 0.25) is 0 Å². The van der Waals surface area contributed by atoms with Gasteiger partial charge in [0.05, 0.1) is 0 Å². The van der Waals surface area contributed by atoms with E-state index in [1.165, 1.54) is 6.07 Å². The second-order valence-corrected chi connectivity index (χ2v) is 0.974. The molecule has 0 aliphatic carbocycles. The highest BCUT2D eigenvalue weighted by molar-refractivity contribution is 5.03. The summed E-state index contributed by atoms with van der Waals surface area (Å²) < 4.78 is 11.8. The molecule has 0 unspecified atom stereocenters. The third kappa shape index (κ3) is 0.497. The summed E-state index contributed by atoms with van der Waals surface area (Å²) in [5.74, 6) is -0.440. The predicted molar refractivity (Wildman–Crippen MR) is 19.0 cm³/mol. The Morgan fingerprint density at radius 2 is 2.50 bits per heavy atom. The van der Waals surface area contributed by atoms with Crippen LogP contribution < -0.4 is 0 Å². The lowest BCUT2D eigenvalue weighted by atomic mass is 10.7. The molecule has 40 valence electrons. The second-order valence-electron chi connectivity index (χ2n) is 0.974. The maximum absolute atomic E-state index is 11.8. The first-order chi connectivity index (χ1) is 3.84. The third-order valence-electron chi connectivity index (χ3n) is 0.533. The van der Waals surface area contributed by atoms with Crippen LogP contribution in [-0.2, 0) is 0 Å². The van der Waals surface area contributed by atoms with E-state index in [4.69, 9.17) is 5.26 Å². The predicted octanol–water partition coefficient (Wildman–Crippen LogP) is -0.723. The minimum absolute atomic E-state index is 0.194. The van der Waals surface area contributed by atoms with Gasteiger partial charge >= 0.3 is 0 Å². The molecule has 0 amide bonds. The smallest absolute Gasteiger partial charge is 0.189 e. The molecule has 0 N–H and O–H groups in total. The number of tetrazole rings is 1. The van der Waals surface area contributed by atoms with Crippen molar-refractivity contribution in [3.05, 3.63) is 5.82 Å². The molecule has 6 heteroatoms. The lowest BCUT2D eigenvalue weighted by molar-refractivity contribution is 0.302. The van der Waals surface area contributed by atoms with Crippen LogP contribution in [0.5, 0.6) is 0 Å². The standard InChI is InChI=1S/C2FN5/c3-8-2(1-4)5-6-7-8. The zero-order valence-electron chi connectivity index (χ0n) is 3.61. The summed E-state index contributed by atoms with van der Waals surface area (Å²) in [7, 11) is 0. The van der Waals surface area contributed by atoms with Crippen LogP contribution in [0.4, 0.5) is 4.48 Å². The Labute approximate surface area is 43.3 Å². The first-order valence-corrected chi connectivity index (χ1v) is 1.69. The third-order valence-corrected chi connectivity index (χ3v) is 0.533. The number of nitrogens with zero attached hydrogens (tertiary/aromatic N) is 5. The largest absolute Gasteiger partial charge is 0.285 e. The molecule has 0 bridgehead atoms. The molecular formula is C2FN5. The van der Waals surface area contributed by atoms with E-state index in [-0.39, 0.29) is 4.90 Å². The van der Waals surface area contributed by atoms with Crippen LogP contribution in [0.3, 0.4) is 0 Å². The van der Waals surface area contributed by atoms with Crippen molar-refractivity contribution in [2.45, 2.75) is 0 Å². The molecule has 1 rings (SSSR count). The molecule has 0 fully saturated rings. The Kier molecular flexibility index (Phi) is 0.891. The quantitative estimate of drug-likeness (QED) is 0.445. The van der Waals surface area contributed by atoms with E-state index < -0.39 is 5.82 Å². The van der Waals surface area contributed by atoms with Crippen molar-refractivity contribution in [3.8, 4) is 6.07 Å². The highest BCUT2D eigenvalue weighted by Crippen LogP contribution is 1.84. The summed E-state index contributed by atoms with van der Waals surface area (Å²) >= 11 is 0. The Morgan fingerprint density at radius 3 is 2.75 bits per heavy atom. The summed E-state index contributed by atoms with van der Waals surface area (Å²) in [6.45, 7) is 0. The molecular weight excluding hydrogens is 113 g/mol. The van der Waals surface area contributed by atoms with E-state index in [1.54, 1.807) is 0 Å². The second kappa shape index (κ2) is 1.54. The maximum Gasteiger partial charge on any atom is 0.285 e. The molecule has 0 saturated heterocycles. The average Bonchev–Trinajstić information content (AvgIpc) is 2.14. The molecule has 0 aliphatic rings. The van der Waals surface area contributed by atoms with Crippen LogP contribution in [0, 0.1) is 11.3 Å². The van der Waals surface area contributed by atoms with Crippen molar-refractivity contribution in [1.82, 2.24) is 20.4 Å². The lowest BCUT2D eigenvalue weighted by Gasteiger charge is -1.72. The Balaban J connectivity index is 3.15. The van der Waals surface area contributed by atoms with E-state index >= 15 is 0 Å². The van der Waals surface area contributed by atoms with Gasteiger partial charge in [-0.25, -0.2) is 0 Å². The van der Waals surface area contributed by atoms with Gasteiger partial charge in [0.25, 0.3) is 5.82 Å². The van der Waals surface area contributed by atoms with Gasteiger partial charge in [0.2, 0.25) is 0 Å². The van der Waals surface area contributed by atoms with E-state index in [9.17, 15) is 4.48 Å². The van der Waals surface area contributed by atoms with Crippen LogP contribution >= 0.6 is 0 Å². The lowest BCUT2D eigenvalue weighted by Crippen LogP contribution is -1.87. The van der Waals surface area contributed by atoms with Gasteiger partial charge in [-0.3, -0.25) is 0 Å². The van der Waals surface area contributed by atoms with Crippen LogP contribution in [0.15, 0.2) is 0 Å². The molecule has 0 radical (unpaired) electrons. The minimum Gasteiger partial charge on any atom is -0.189 e. The van der Waals surface area contributed by atoms with Crippen molar-refractivity contribution in [3.63, 3.8) is 0 Å². The summed E-state index contributed by atoms with van der Waals surface area (Å²) in [4.78, 5) is -0.194. The van der Waals surface area contributed by atoms with Gasteiger partial charge in [-0.1, -0.05) is 9.58 Å². The monoisotopic (exact) mass is 113 g/mol. The van der Waals surface area contributed by atoms with Crippen molar-refractivity contribution < 1.29 is 4.48 Å². The Bertz CT molecular complexity index is 221. The molecule has 0 aliphatic heterocycles. The van der Waals surface area contributed by atoms with Crippen molar-refractivity contribution in [2.24, 2.45) is 0 Å². The molecule has 0 aromatic carbocycles. The molecule has 1 aromatic rings. The van der Waals surface area contributed by atoms with Gasteiger partial charge < -0.3 is 0 Å². The zero-order chi connectivity index (χ0) is 5.98. The number of nitriles is 1. The first kappa shape index (κ1) is 4.64. The number of rotatable bonds is 0. The molecule has 0 atom stereocenters. The summed E-state index contributed by atoms with van der Waals surface area (Å²) in [5.41, 5.74) is 0. The Morgan fingerprint density at radius 1 is 1.75 bits per heavy atom. The SMILES string of the molecule is N#Cc1nnnn1F. The topological polar surface area (TPSA) is 67.4 Å². The normalized spacial score (nSPS) is 8.50. The van der Waals surface area contributed by atoms with E-state index in [0.29, 0.717) is 0 Å². The number of hydrogen-bond acceptors (Lipinski definition) is 4. The maximum atomic E-state index is 11.8. The van der Waals surface area contributed by atoms with Crippen LogP contribution in [0.1, 0.15) is 5.82 Å². The van der Waals surface area contributed by atoms with Crippen molar-refractivity contribution in [1.29, 1.82) is 5.26 Å².